The predicted octanol–water partition coefficient (Wildman–Crippen LogP) is 3.28. The van der Waals surface area contributed by atoms with Crippen molar-refractivity contribution in [2.24, 2.45) is 0 Å². The number of piperazine rings is 1. The number of aryl methyl sites for hydroxylation is 1. The molecule has 0 unspecified atom stereocenters. The van der Waals surface area contributed by atoms with E-state index in [0.717, 1.165) is 28.9 Å². The average Bonchev–Trinajstić information content (AvgIpc) is 3.31. The quantitative estimate of drug-likeness (QED) is 0.600. The third-order valence-electron chi connectivity index (χ3n) is 4.73. The van der Waals surface area contributed by atoms with Gasteiger partial charge >= 0.3 is 0 Å². The van der Waals surface area contributed by atoms with Crippen molar-refractivity contribution in [1.29, 1.82) is 0 Å². The van der Waals surface area contributed by atoms with Gasteiger partial charge in [0.05, 0.1) is 6.54 Å². The molecule has 0 saturated carbocycles. The first-order valence-corrected chi connectivity index (χ1v) is 10.00. The van der Waals surface area contributed by atoms with E-state index in [1.165, 1.54) is 0 Å². The number of hydrogen-bond acceptors (Lipinski definition) is 6. The van der Waals surface area contributed by atoms with Gasteiger partial charge in [-0.05, 0) is 36.8 Å². The SMILES string of the molecule is Cc1ccc(C(=O)N2CCN(Cc3nc(Cc4cccc(Br)c4)no3)CC2)o1. The zero-order valence-corrected chi connectivity index (χ0v) is 17.2. The Morgan fingerprint density at radius 3 is 2.71 bits per heavy atom. The summed E-state index contributed by atoms with van der Waals surface area (Å²) in [5.41, 5.74) is 1.13. The Kier molecular flexibility index (Phi) is 5.59. The molecule has 0 radical (unpaired) electrons. The molecule has 4 rings (SSSR count). The van der Waals surface area contributed by atoms with E-state index in [4.69, 9.17) is 8.94 Å². The van der Waals surface area contributed by atoms with Crippen molar-refractivity contribution in [1.82, 2.24) is 19.9 Å². The Balaban J connectivity index is 1.29. The highest BCUT2D eigenvalue weighted by Gasteiger charge is 2.25. The van der Waals surface area contributed by atoms with Gasteiger partial charge in [0, 0.05) is 37.1 Å². The lowest BCUT2D eigenvalue weighted by molar-refractivity contribution is 0.0583. The maximum absolute atomic E-state index is 12.4. The van der Waals surface area contributed by atoms with Crippen LogP contribution in [0, 0.1) is 6.92 Å². The van der Waals surface area contributed by atoms with Gasteiger partial charge in [-0.1, -0.05) is 33.2 Å². The maximum Gasteiger partial charge on any atom is 0.289 e. The van der Waals surface area contributed by atoms with Gasteiger partial charge < -0.3 is 13.8 Å². The summed E-state index contributed by atoms with van der Waals surface area (Å²) >= 11 is 3.47. The van der Waals surface area contributed by atoms with E-state index in [1.54, 1.807) is 6.07 Å². The van der Waals surface area contributed by atoms with Crippen molar-refractivity contribution in [3.8, 4) is 0 Å². The van der Waals surface area contributed by atoms with Gasteiger partial charge in [0.15, 0.2) is 11.6 Å². The molecule has 28 heavy (non-hydrogen) atoms. The Morgan fingerprint density at radius 2 is 2.00 bits per heavy atom. The first-order valence-electron chi connectivity index (χ1n) is 9.21. The monoisotopic (exact) mass is 444 g/mol. The predicted molar refractivity (Wildman–Crippen MR) is 106 cm³/mol. The number of rotatable bonds is 5. The minimum Gasteiger partial charge on any atom is -0.456 e. The summed E-state index contributed by atoms with van der Waals surface area (Å²) in [4.78, 5) is 21.0. The normalized spacial score (nSPS) is 15.1. The summed E-state index contributed by atoms with van der Waals surface area (Å²) in [7, 11) is 0. The topological polar surface area (TPSA) is 75.6 Å². The van der Waals surface area contributed by atoms with Gasteiger partial charge in [-0.3, -0.25) is 9.69 Å². The Labute approximate surface area is 171 Å². The smallest absolute Gasteiger partial charge is 0.289 e. The van der Waals surface area contributed by atoms with Crippen molar-refractivity contribution >= 4 is 21.8 Å². The second-order valence-corrected chi connectivity index (χ2v) is 7.81. The lowest BCUT2D eigenvalue weighted by Crippen LogP contribution is -2.48. The van der Waals surface area contributed by atoms with Gasteiger partial charge in [-0.15, -0.1) is 0 Å². The number of halogens is 1. The summed E-state index contributed by atoms with van der Waals surface area (Å²) in [6, 6.07) is 11.6. The van der Waals surface area contributed by atoms with Crippen LogP contribution in [-0.2, 0) is 13.0 Å². The van der Waals surface area contributed by atoms with Gasteiger partial charge in [0.2, 0.25) is 5.89 Å². The van der Waals surface area contributed by atoms with E-state index in [2.05, 4.69) is 31.0 Å². The first-order chi connectivity index (χ1) is 13.6. The Morgan fingerprint density at radius 1 is 1.18 bits per heavy atom. The molecule has 1 saturated heterocycles. The van der Waals surface area contributed by atoms with Gasteiger partial charge in [0.25, 0.3) is 5.91 Å². The van der Waals surface area contributed by atoms with E-state index < -0.39 is 0 Å². The molecule has 1 aliphatic heterocycles. The molecule has 1 aromatic carbocycles. The first kappa shape index (κ1) is 18.9. The molecule has 0 spiro atoms. The molecule has 0 N–H and O–H groups in total. The van der Waals surface area contributed by atoms with E-state index in [0.29, 0.717) is 43.5 Å². The van der Waals surface area contributed by atoms with Crippen LogP contribution in [0.1, 0.15) is 33.6 Å². The van der Waals surface area contributed by atoms with Crippen LogP contribution in [0.2, 0.25) is 0 Å². The minimum absolute atomic E-state index is 0.0538. The van der Waals surface area contributed by atoms with Crippen molar-refractivity contribution in [3.63, 3.8) is 0 Å². The number of furan rings is 1. The van der Waals surface area contributed by atoms with E-state index in [-0.39, 0.29) is 5.91 Å². The fraction of sp³-hybridized carbons (Fsp3) is 0.350. The largest absolute Gasteiger partial charge is 0.456 e. The average molecular weight is 445 g/mol. The van der Waals surface area contributed by atoms with E-state index in [1.807, 2.05) is 42.2 Å². The highest BCUT2D eigenvalue weighted by Crippen LogP contribution is 2.16. The fourth-order valence-electron chi connectivity index (χ4n) is 3.26. The van der Waals surface area contributed by atoms with Crippen molar-refractivity contribution in [2.45, 2.75) is 19.9 Å². The molecule has 3 heterocycles. The molecule has 1 aliphatic rings. The number of benzene rings is 1. The molecular formula is C20H21BrN4O3. The number of amides is 1. The number of hydrogen-bond donors (Lipinski definition) is 0. The van der Waals surface area contributed by atoms with Crippen LogP contribution < -0.4 is 0 Å². The summed E-state index contributed by atoms with van der Waals surface area (Å²) in [6.07, 6.45) is 0.633. The van der Waals surface area contributed by atoms with E-state index >= 15 is 0 Å². The van der Waals surface area contributed by atoms with Crippen molar-refractivity contribution in [2.75, 3.05) is 26.2 Å². The van der Waals surface area contributed by atoms with Gasteiger partial charge in [-0.2, -0.15) is 4.98 Å². The molecule has 7 nitrogen and oxygen atoms in total. The fourth-order valence-corrected chi connectivity index (χ4v) is 3.71. The summed E-state index contributed by atoms with van der Waals surface area (Å²) < 4.78 is 11.9. The Bertz CT molecular complexity index is 960. The van der Waals surface area contributed by atoms with Gasteiger partial charge in [-0.25, -0.2) is 0 Å². The molecule has 0 aliphatic carbocycles. The van der Waals surface area contributed by atoms with Gasteiger partial charge in [0.1, 0.15) is 5.76 Å². The molecule has 0 atom stereocenters. The van der Waals surface area contributed by atoms with Crippen LogP contribution >= 0.6 is 15.9 Å². The van der Waals surface area contributed by atoms with Crippen LogP contribution in [0.4, 0.5) is 0 Å². The summed E-state index contributed by atoms with van der Waals surface area (Å²) in [6.45, 7) is 5.25. The number of aromatic nitrogens is 2. The van der Waals surface area contributed by atoms with Crippen LogP contribution in [-0.4, -0.2) is 52.0 Å². The van der Waals surface area contributed by atoms with Crippen molar-refractivity contribution < 1.29 is 13.7 Å². The standard InChI is InChI=1S/C20H21BrN4O3/c1-14-5-6-17(27-14)20(26)25-9-7-24(8-10-25)13-19-22-18(23-28-19)12-15-3-2-4-16(21)11-15/h2-6,11H,7-10,12-13H2,1H3. The summed E-state index contributed by atoms with van der Waals surface area (Å²) in [5, 5.41) is 4.09. The molecule has 1 amide bonds. The maximum atomic E-state index is 12.4. The van der Waals surface area contributed by atoms with Crippen molar-refractivity contribution in [3.05, 3.63) is 69.7 Å². The van der Waals surface area contributed by atoms with Crippen LogP contribution in [0.3, 0.4) is 0 Å². The Hall–Kier alpha value is -2.45. The second-order valence-electron chi connectivity index (χ2n) is 6.89. The zero-order valence-electron chi connectivity index (χ0n) is 15.6. The molecular weight excluding hydrogens is 424 g/mol. The molecule has 146 valence electrons. The molecule has 3 aromatic rings. The number of carbonyl (C=O) groups is 1. The second kappa shape index (κ2) is 8.28. The molecule has 8 heteroatoms. The van der Waals surface area contributed by atoms with Crippen LogP contribution in [0.25, 0.3) is 0 Å². The number of carbonyl (C=O) groups excluding carboxylic acids is 1. The highest BCUT2D eigenvalue weighted by atomic mass is 79.9. The minimum atomic E-state index is -0.0538. The lowest BCUT2D eigenvalue weighted by Gasteiger charge is -2.33. The van der Waals surface area contributed by atoms with Crippen LogP contribution in [0.5, 0.6) is 0 Å². The third-order valence-corrected chi connectivity index (χ3v) is 5.22. The lowest BCUT2D eigenvalue weighted by atomic mass is 10.1. The van der Waals surface area contributed by atoms with E-state index in [9.17, 15) is 4.79 Å². The van der Waals surface area contributed by atoms with Crippen LogP contribution in [0.15, 0.2) is 49.8 Å². The third kappa shape index (κ3) is 4.51. The molecule has 1 fully saturated rings. The molecule has 0 bridgehead atoms. The zero-order chi connectivity index (χ0) is 19.5. The summed E-state index contributed by atoms with van der Waals surface area (Å²) in [5.74, 6) is 2.38. The highest BCUT2D eigenvalue weighted by molar-refractivity contribution is 9.10. The molecule has 2 aromatic heterocycles. The number of nitrogens with zero attached hydrogens (tertiary/aromatic N) is 4.